The highest BCUT2D eigenvalue weighted by molar-refractivity contribution is 5.98. The van der Waals surface area contributed by atoms with Crippen LogP contribution >= 0.6 is 0 Å². The van der Waals surface area contributed by atoms with Gasteiger partial charge in [0.05, 0.1) is 0 Å². The molecule has 0 spiro atoms. The Kier molecular flexibility index (Phi) is 3.54. The molecule has 0 aliphatic carbocycles. The maximum atomic E-state index is 11.8. The molecule has 2 N–H and O–H groups in total. The number of aliphatic hydroxyl groups excluding tert-OH is 1. The fourth-order valence-electron chi connectivity index (χ4n) is 1.94. The predicted octanol–water partition coefficient (Wildman–Crippen LogP) is 1.53. The van der Waals surface area contributed by atoms with Crippen LogP contribution in [0.25, 0.3) is 0 Å². The van der Waals surface area contributed by atoms with Crippen molar-refractivity contribution < 1.29 is 14.7 Å². The fourth-order valence-corrected chi connectivity index (χ4v) is 1.94. The van der Waals surface area contributed by atoms with E-state index in [1.165, 1.54) is 0 Å². The maximum Gasteiger partial charge on any atom is 0.224 e. The Hall–Kier alpha value is -1.68. The zero-order valence-corrected chi connectivity index (χ0v) is 9.53. The lowest BCUT2D eigenvalue weighted by molar-refractivity contribution is -0.116. The zero-order chi connectivity index (χ0) is 12.3. The van der Waals surface area contributed by atoms with E-state index in [1.807, 2.05) is 6.07 Å². The average Bonchev–Trinajstić information content (AvgIpc) is 2.35. The van der Waals surface area contributed by atoms with Gasteiger partial charge >= 0.3 is 0 Å². The third-order valence-corrected chi connectivity index (χ3v) is 2.88. The highest BCUT2D eigenvalue weighted by Crippen LogP contribution is 2.24. The van der Waals surface area contributed by atoms with Crippen LogP contribution in [0.1, 0.15) is 35.2 Å². The molecule has 1 aliphatic rings. The number of hydrogen-bond donors (Lipinski definition) is 2. The van der Waals surface area contributed by atoms with Crippen LogP contribution in [0, 0.1) is 0 Å². The largest absolute Gasteiger partial charge is 0.396 e. The number of amides is 1. The highest BCUT2D eigenvalue weighted by atomic mass is 16.3. The minimum Gasteiger partial charge on any atom is -0.396 e. The molecule has 0 fully saturated rings. The van der Waals surface area contributed by atoms with Gasteiger partial charge in [-0.1, -0.05) is 0 Å². The minimum absolute atomic E-state index is 0.0249. The number of rotatable bonds is 4. The van der Waals surface area contributed by atoms with Gasteiger partial charge in [-0.3, -0.25) is 9.59 Å². The first-order valence-electron chi connectivity index (χ1n) is 5.77. The molecule has 0 aromatic heterocycles. The van der Waals surface area contributed by atoms with E-state index >= 15 is 0 Å². The Morgan fingerprint density at radius 3 is 2.94 bits per heavy atom. The molecule has 4 nitrogen and oxygen atoms in total. The summed E-state index contributed by atoms with van der Waals surface area (Å²) in [5, 5.41) is 11.5. The monoisotopic (exact) mass is 233 g/mol. The van der Waals surface area contributed by atoms with Crippen LogP contribution in [0.15, 0.2) is 18.2 Å². The van der Waals surface area contributed by atoms with Crippen molar-refractivity contribution in [2.45, 2.75) is 25.7 Å². The van der Waals surface area contributed by atoms with Crippen molar-refractivity contribution in [3.05, 3.63) is 29.3 Å². The second-order valence-electron chi connectivity index (χ2n) is 4.17. The van der Waals surface area contributed by atoms with Gasteiger partial charge in [-0.05, 0) is 36.6 Å². The summed E-state index contributed by atoms with van der Waals surface area (Å²) < 4.78 is 0. The molecule has 1 aromatic rings. The molecule has 0 saturated heterocycles. The average molecular weight is 233 g/mol. The fraction of sp³-hybridized carbons (Fsp3) is 0.385. The summed E-state index contributed by atoms with van der Waals surface area (Å²) in [4.78, 5) is 22.9. The standard InChI is InChI=1S/C13H15NO3/c15-7-1-2-12(16)10-3-5-11-9(8-10)4-6-13(17)14-11/h3,5,8,15H,1-2,4,6-7H2,(H,14,17). The van der Waals surface area contributed by atoms with E-state index in [9.17, 15) is 9.59 Å². The first-order valence-corrected chi connectivity index (χ1v) is 5.77. The molecule has 1 aliphatic heterocycles. The summed E-state index contributed by atoms with van der Waals surface area (Å²) in [6.07, 6.45) is 2.01. The number of aliphatic hydroxyl groups is 1. The number of ketones is 1. The number of anilines is 1. The summed E-state index contributed by atoms with van der Waals surface area (Å²) in [6, 6.07) is 5.34. The maximum absolute atomic E-state index is 11.8. The summed E-state index contributed by atoms with van der Waals surface area (Å²) >= 11 is 0. The number of carbonyl (C=O) groups excluding carboxylic acids is 2. The van der Waals surface area contributed by atoms with Crippen molar-refractivity contribution in [2.24, 2.45) is 0 Å². The number of nitrogens with one attached hydrogen (secondary N) is 1. The lowest BCUT2D eigenvalue weighted by Crippen LogP contribution is -2.19. The molecule has 90 valence electrons. The van der Waals surface area contributed by atoms with E-state index in [2.05, 4.69) is 5.32 Å². The summed E-state index contributed by atoms with van der Waals surface area (Å²) in [5.41, 5.74) is 2.48. The summed E-state index contributed by atoms with van der Waals surface area (Å²) in [7, 11) is 0. The second kappa shape index (κ2) is 5.10. The van der Waals surface area contributed by atoms with Crippen LogP contribution in [0.4, 0.5) is 5.69 Å². The molecule has 1 heterocycles. The number of aryl methyl sites for hydroxylation is 1. The van der Waals surface area contributed by atoms with Crippen LogP contribution in [-0.2, 0) is 11.2 Å². The van der Waals surface area contributed by atoms with Crippen LogP contribution < -0.4 is 5.32 Å². The van der Waals surface area contributed by atoms with Crippen molar-refractivity contribution in [3.63, 3.8) is 0 Å². The van der Waals surface area contributed by atoms with Gasteiger partial charge in [-0.25, -0.2) is 0 Å². The SMILES string of the molecule is O=C1CCc2cc(C(=O)CCCO)ccc2N1. The van der Waals surface area contributed by atoms with E-state index in [0.29, 0.717) is 31.2 Å². The Morgan fingerprint density at radius 1 is 1.35 bits per heavy atom. The summed E-state index contributed by atoms with van der Waals surface area (Å²) in [6.45, 7) is 0.0345. The molecule has 17 heavy (non-hydrogen) atoms. The van der Waals surface area contributed by atoms with Crippen molar-refractivity contribution in [2.75, 3.05) is 11.9 Å². The van der Waals surface area contributed by atoms with E-state index in [4.69, 9.17) is 5.11 Å². The Balaban J connectivity index is 2.16. The third-order valence-electron chi connectivity index (χ3n) is 2.88. The number of Topliss-reactive ketones (excluding diaryl/α,β-unsaturated/α-hetero) is 1. The molecule has 1 amide bonds. The van der Waals surface area contributed by atoms with Gasteiger partial charge in [0.1, 0.15) is 0 Å². The molecule has 0 radical (unpaired) electrons. The van der Waals surface area contributed by atoms with Crippen molar-refractivity contribution in [1.82, 2.24) is 0 Å². The molecule has 2 rings (SSSR count). The van der Waals surface area contributed by atoms with E-state index in [-0.39, 0.29) is 18.3 Å². The van der Waals surface area contributed by atoms with Gasteiger partial charge in [-0.2, -0.15) is 0 Å². The second-order valence-corrected chi connectivity index (χ2v) is 4.17. The van der Waals surface area contributed by atoms with Crippen LogP contribution in [0.3, 0.4) is 0 Å². The van der Waals surface area contributed by atoms with Gasteiger partial charge in [-0.15, -0.1) is 0 Å². The van der Waals surface area contributed by atoms with Crippen LogP contribution in [0.5, 0.6) is 0 Å². The van der Waals surface area contributed by atoms with Gasteiger partial charge in [0.25, 0.3) is 0 Å². The first-order chi connectivity index (χ1) is 8.20. The van der Waals surface area contributed by atoms with Crippen molar-refractivity contribution in [3.8, 4) is 0 Å². The zero-order valence-electron chi connectivity index (χ0n) is 9.53. The number of benzene rings is 1. The van der Waals surface area contributed by atoms with Crippen molar-refractivity contribution in [1.29, 1.82) is 0 Å². The lowest BCUT2D eigenvalue weighted by Gasteiger charge is -2.17. The lowest BCUT2D eigenvalue weighted by atomic mass is 9.97. The molecular formula is C13H15NO3. The molecule has 1 aromatic carbocycles. The molecule has 0 atom stereocenters. The number of hydrogen-bond acceptors (Lipinski definition) is 3. The highest BCUT2D eigenvalue weighted by Gasteiger charge is 2.16. The smallest absolute Gasteiger partial charge is 0.224 e. The molecule has 4 heteroatoms. The number of fused-ring (bicyclic) bond motifs is 1. The Bertz CT molecular complexity index is 454. The van der Waals surface area contributed by atoms with E-state index < -0.39 is 0 Å². The minimum atomic E-state index is 0.0249. The molecule has 0 unspecified atom stereocenters. The van der Waals surface area contributed by atoms with Crippen LogP contribution in [-0.4, -0.2) is 23.4 Å². The Labute approximate surface area is 99.6 Å². The first kappa shape index (κ1) is 11.8. The topological polar surface area (TPSA) is 66.4 Å². The summed E-state index contributed by atoms with van der Waals surface area (Å²) in [5.74, 6) is 0.0654. The van der Waals surface area contributed by atoms with Gasteiger partial charge in [0.2, 0.25) is 5.91 Å². The van der Waals surface area contributed by atoms with Gasteiger partial charge in [0, 0.05) is 30.7 Å². The third kappa shape index (κ3) is 2.71. The van der Waals surface area contributed by atoms with Gasteiger partial charge < -0.3 is 10.4 Å². The Morgan fingerprint density at radius 2 is 2.18 bits per heavy atom. The molecule has 0 saturated carbocycles. The van der Waals surface area contributed by atoms with E-state index in [0.717, 1.165) is 11.3 Å². The van der Waals surface area contributed by atoms with Gasteiger partial charge in [0.15, 0.2) is 5.78 Å². The molecular weight excluding hydrogens is 218 g/mol. The predicted molar refractivity (Wildman–Crippen MR) is 64.0 cm³/mol. The van der Waals surface area contributed by atoms with E-state index in [1.54, 1.807) is 12.1 Å². The quantitative estimate of drug-likeness (QED) is 0.775. The van der Waals surface area contributed by atoms with Crippen molar-refractivity contribution >= 4 is 17.4 Å². The normalized spacial score (nSPS) is 14.1. The van der Waals surface area contributed by atoms with Crippen LogP contribution in [0.2, 0.25) is 0 Å². The molecule has 0 bridgehead atoms. The number of carbonyl (C=O) groups is 2.